The summed E-state index contributed by atoms with van der Waals surface area (Å²) in [6.45, 7) is 0.447. The van der Waals surface area contributed by atoms with E-state index in [9.17, 15) is 4.79 Å². The summed E-state index contributed by atoms with van der Waals surface area (Å²) in [4.78, 5) is 15.8. The Kier molecular flexibility index (Phi) is 3.93. The van der Waals surface area contributed by atoms with Gasteiger partial charge in [-0.2, -0.15) is 0 Å². The number of amides is 1. The summed E-state index contributed by atoms with van der Waals surface area (Å²) >= 11 is 5.70. The van der Waals surface area contributed by atoms with Crippen molar-refractivity contribution in [3.05, 3.63) is 23.4 Å². The molecule has 0 aliphatic carbocycles. The van der Waals surface area contributed by atoms with Crippen molar-refractivity contribution in [2.45, 2.75) is 25.0 Å². The second kappa shape index (κ2) is 5.44. The molecule has 2 atom stereocenters. The van der Waals surface area contributed by atoms with Gasteiger partial charge in [0.25, 0.3) is 5.91 Å². The van der Waals surface area contributed by atoms with E-state index in [2.05, 4.69) is 10.3 Å². The molecule has 1 amide bonds. The minimum atomic E-state index is -0.430. The Bertz CT molecular complexity index is 396. The summed E-state index contributed by atoms with van der Waals surface area (Å²) in [5.74, 6) is 0.287. The van der Waals surface area contributed by atoms with Crippen LogP contribution >= 0.6 is 11.6 Å². The first-order chi connectivity index (χ1) is 8.19. The monoisotopic (exact) mass is 255 g/mol. The number of nitrogens with zero attached hydrogens (tertiary/aromatic N) is 1. The van der Waals surface area contributed by atoms with E-state index in [-0.39, 0.29) is 12.0 Å². The Morgan fingerprint density at radius 3 is 3.00 bits per heavy atom. The van der Waals surface area contributed by atoms with Crippen LogP contribution in [0.3, 0.4) is 0 Å². The minimum Gasteiger partial charge on any atom is -0.364 e. The second-order valence-electron chi connectivity index (χ2n) is 3.91. The topological polar surface area (TPSA) is 77.2 Å². The predicted octanol–water partition coefficient (Wildman–Crippen LogP) is 1.18. The average Bonchev–Trinajstić information content (AvgIpc) is 2.81. The van der Waals surface area contributed by atoms with Gasteiger partial charge < -0.3 is 15.8 Å². The first-order valence-corrected chi connectivity index (χ1v) is 5.85. The Morgan fingerprint density at radius 2 is 2.41 bits per heavy atom. The summed E-state index contributed by atoms with van der Waals surface area (Å²) < 4.78 is 5.48. The Hall–Kier alpha value is -1.17. The number of hydrogen-bond acceptors (Lipinski definition) is 4. The highest BCUT2D eigenvalue weighted by atomic mass is 35.5. The van der Waals surface area contributed by atoms with E-state index >= 15 is 0 Å². The van der Waals surface area contributed by atoms with Crippen LogP contribution < -0.4 is 11.1 Å². The lowest BCUT2D eigenvalue weighted by Crippen LogP contribution is -2.30. The number of hydrogen-bond donors (Lipinski definition) is 2. The number of carbonyl (C=O) groups is 1. The lowest BCUT2D eigenvalue weighted by molar-refractivity contribution is -0.126. The molecule has 2 rings (SSSR count). The molecule has 0 saturated carbocycles. The van der Waals surface area contributed by atoms with Crippen molar-refractivity contribution >= 4 is 23.3 Å². The highest BCUT2D eigenvalue weighted by Gasteiger charge is 2.29. The Morgan fingerprint density at radius 1 is 1.59 bits per heavy atom. The molecule has 1 aromatic heterocycles. The second-order valence-corrected chi connectivity index (χ2v) is 4.35. The van der Waals surface area contributed by atoms with Gasteiger partial charge >= 0.3 is 0 Å². The molecule has 17 heavy (non-hydrogen) atoms. The predicted molar refractivity (Wildman–Crippen MR) is 64.8 cm³/mol. The lowest BCUT2D eigenvalue weighted by Gasteiger charge is -2.12. The SMILES string of the molecule is NCC1CCC(C(=O)Nc2ccc(Cl)cn2)O1. The molecule has 0 spiro atoms. The van der Waals surface area contributed by atoms with Crippen LogP contribution in [0.1, 0.15) is 12.8 Å². The maximum absolute atomic E-state index is 11.8. The smallest absolute Gasteiger partial charge is 0.254 e. The molecule has 1 saturated heterocycles. The molecule has 2 heterocycles. The van der Waals surface area contributed by atoms with Gasteiger partial charge in [-0.05, 0) is 25.0 Å². The maximum atomic E-state index is 11.8. The molecule has 0 bridgehead atoms. The van der Waals surface area contributed by atoms with Gasteiger partial charge in [0, 0.05) is 12.7 Å². The van der Waals surface area contributed by atoms with Crippen LogP contribution in [0.25, 0.3) is 0 Å². The highest BCUT2D eigenvalue weighted by Crippen LogP contribution is 2.20. The largest absolute Gasteiger partial charge is 0.364 e. The molecule has 3 N–H and O–H groups in total. The third-order valence-electron chi connectivity index (χ3n) is 2.64. The van der Waals surface area contributed by atoms with Gasteiger partial charge in [0.15, 0.2) is 0 Å². The van der Waals surface area contributed by atoms with E-state index in [1.807, 2.05) is 0 Å². The summed E-state index contributed by atoms with van der Waals surface area (Å²) in [6.07, 6.45) is 2.56. The number of nitrogens with one attached hydrogen (secondary N) is 1. The number of nitrogens with two attached hydrogens (primary N) is 1. The van der Waals surface area contributed by atoms with Crippen molar-refractivity contribution in [2.24, 2.45) is 5.73 Å². The van der Waals surface area contributed by atoms with Crippen LogP contribution in [0, 0.1) is 0 Å². The fourth-order valence-electron chi connectivity index (χ4n) is 1.73. The lowest BCUT2D eigenvalue weighted by atomic mass is 10.2. The Labute approximate surface area is 104 Å². The number of aromatic nitrogens is 1. The molecule has 1 aliphatic heterocycles. The van der Waals surface area contributed by atoms with E-state index in [0.717, 1.165) is 6.42 Å². The number of carbonyl (C=O) groups excluding carboxylic acids is 1. The number of pyridine rings is 1. The van der Waals surface area contributed by atoms with Crippen molar-refractivity contribution in [3.8, 4) is 0 Å². The number of anilines is 1. The quantitative estimate of drug-likeness (QED) is 0.850. The van der Waals surface area contributed by atoms with Gasteiger partial charge in [-0.25, -0.2) is 4.98 Å². The van der Waals surface area contributed by atoms with Crippen molar-refractivity contribution in [3.63, 3.8) is 0 Å². The molecular formula is C11H14ClN3O2. The standard InChI is InChI=1S/C11H14ClN3O2/c12-7-1-4-10(14-6-7)15-11(16)9-3-2-8(5-13)17-9/h1,4,6,8-9H,2-3,5,13H2,(H,14,15,16). The highest BCUT2D eigenvalue weighted by molar-refractivity contribution is 6.30. The minimum absolute atomic E-state index is 0.0103. The summed E-state index contributed by atoms with van der Waals surface area (Å²) in [5.41, 5.74) is 5.48. The van der Waals surface area contributed by atoms with E-state index in [0.29, 0.717) is 23.8 Å². The molecule has 2 unspecified atom stereocenters. The van der Waals surface area contributed by atoms with Crippen LogP contribution in [0.2, 0.25) is 5.02 Å². The van der Waals surface area contributed by atoms with Gasteiger partial charge in [-0.1, -0.05) is 11.6 Å². The molecule has 5 nitrogen and oxygen atoms in total. The zero-order valence-electron chi connectivity index (χ0n) is 9.23. The molecule has 1 aliphatic rings. The third-order valence-corrected chi connectivity index (χ3v) is 2.87. The normalized spacial score (nSPS) is 23.6. The molecule has 0 aromatic carbocycles. The van der Waals surface area contributed by atoms with Crippen molar-refractivity contribution in [1.82, 2.24) is 4.98 Å². The molecule has 1 fully saturated rings. The van der Waals surface area contributed by atoms with Gasteiger partial charge in [0.05, 0.1) is 11.1 Å². The molecule has 6 heteroatoms. The van der Waals surface area contributed by atoms with Crippen LogP contribution in [-0.4, -0.2) is 29.6 Å². The first-order valence-electron chi connectivity index (χ1n) is 5.47. The molecular weight excluding hydrogens is 242 g/mol. The maximum Gasteiger partial charge on any atom is 0.254 e. The van der Waals surface area contributed by atoms with Gasteiger partial charge in [-0.15, -0.1) is 0 Å². The van der Waals surface area contributed by atoms with Crippen molar-refractivity contribution in [1.29, 1.82) is 0 Å². The zero-order valence-corrected chi connectivity index (χ0v) is 9.98. The molecule has 1 aromatic rings. The van der Waals surface area contributed by atoms with E-state index < -0.39 is 6.10 Å². The first kappa shape index (κ1) is 12.3. The van der Waals surface area contributed by atoms with Crippen molar-refractivity contribution in [2.75, 3.05) is 11.9 Å². The average molecular weight is 256 g/mol. The fraction of sp³-hybridized carbons (Fsp3) is 0.455. The number of rotatable bonds is 3. The van der Waals surface area contributed by atoms with Crippen LogP contribution in [0.5, 0.6) is 0 Å². The van der Waals surface area contributed by atoms with E-state index in [1.165, 1.54) is 6.20 Å². The molecule has 92 valence electrons. The van der Waals surface area contributed by atoms with Crippen LogP contribution in [0.15, 0.2) is 18.3 Å². The van der Waals surface area contributed by atoms with E-state index in [4.69, 9.17) is 22.1 Å². The Balaban J connectivity index is 1.91. The summed E-state index contributed by atoms with van der Waals surface area (Å²) in [6, 6.07) is 3.32. The summed E-state index contributed by atoms with van der Waals surface area (Å²) in [5, 5.41) is 3.21. The van der Waals surface area contributed by atoms with Gasteiger partial charge in [0.2, 0.25) is 0 Å². The van der Waals surface area contributed by atoms with Crippen molar-refractivity contribution < 1.29 is 9.53 Å². The fourth-order valence-corrected chi connectivity index (χ4v) is 1.84. The van der Waals surface area contributed by atoms with E-state index in [1.54, 1.807) is 12.1 Å². The van der Waals surface area contributed by atoms with Crippen LogP contribution in [-0.2, 0) is 9.53 Å². The third kappa shape index (κ3) is 3.15. The van der Waals surface area contributed by atoms with Crippen LogP contribution in [0.4, 0.5) is 5.82 Å². The van der Waals surface area contributed by atoms with Gasteiger partial charge in [0.1, 0.15) is 11.9 Å². The zero-order chi connectivity index (χ0) is 12.3. The summed E-state index contributed by atoms with van der Waals surface area (Å²) in [7, 11) is 0. The van der Waals surface area contributed by atoms with Gasteiger partial charge in [-0.3, -0.25) is 4.79 Å². The molecule has 0 radical (unpaired) electrons. The number of ether oxygens (including phenoxy) is 1. The number of halogens is 1.